The van der Waals surface area contributed by atoms with Crippen molar-refractivity contribution in [2.75, 3.05) is 13.7 Å². The van der Waals surface area contributed by atoms with Crippen LogP contribution in [0.2, 0.25) is 5.02 Å². The van der Waals surface area contributed by atoms with Crippen molar-refractivity contribution in [3.8, 4) is 5.75 Å². The molecule has 2 aliphatic carbocycles. The summed E-state index contributed by atoms with van der Waals surface area (Å²) in [6.45, 7) is -3.16. The first-order valence-corrected chi connectivity index (χ1v) is 14.0. The highest BCUT2D eigenvalue weighted by molar-refractivity contribution is 6.33. The Labute approximate surface area is 245 Å². The van der Waals surface area contributed by atoms with Crippen molar-refractivity contribution >= 4 is 23.1 Å². The van der Waals surface area contributed by atoms with E-state index in [2.05, 4.69) is 10.1 Å². The maximum absolute atomic E-state index is 16.0. The van der Waals surface area contributed by atoms with Crippen molar-refractivity contribution < 1.29 is 41.7 Å². The lowest BCUT2D eigenvalue weighted by Gasteiger charge is -2.37. The number of alkyl halides is 3. The Kier molecular flexibility index (Phi) is 8.96. The number of halogens is 5. The summed E-state index contributed by atoms with van der Waals surface area (Å²) in [5.74, 6) is -2.08. The molecule has 4 atom stereocenters. The zero-order chi connectivity index (χ0) is 30.2. The smallest absolute Gasteiger partial charge is 0.345 e. The maximum Gasteiger partial charge on any atom is 0.345 e. The molecule has 2 unspecified atom stereocenters. The fourth-order valence-corrected chi connectivity index (χ4v) is 6.42. The molecule has 7 nitrogen and oxygen atoms in total. The van der Waals surface area contributed by atoms with Crippen molar-refractivity contribution in [3.05, 3.63) is 81.7 Å². The van der Waals surface area contributed by atoms with Crippen LogP contribution in [0.15, 0.2) is 54.1 Å². The fraction of sp³-hybridized carbons (Fsp3) is 0.433. The summed E-state index contributed by atoms with van der Waals surface area (Å²) >= 11 is 6.48. The molecule has 1 saturated carbocycles. The summed E-state index contributed by atoms with van der Waals surface area (Å²) in [6.07, 6.45) is -0.820. The monoisotopic (exact) mass is 610 g/mol. The lowest BCUT2D eigenvalue weighted by Crippen LogP contribution is -2.49. The van der Waals surface area contributed by atoms with E-state index in [-0.39, 0.29) is 41.1 Å². The summed E-state index contributed by atoms with van der Waals surface area (Å²) in [6, 6.07) is 10.1. The first-order valence-electron chi connectivity index (χ1n) is 13.6. The van der Waals surface area contributed by atoms with Crippen LogP contribution in [0.3, 0.4) is 0 Å². The van der Waals surface area contributed by atoms with Gasteiger partial charge in [-0.2, -0.15) is 8.78 Å². The number of nitrogens with two attached hydrogens (primary N) is 1. The molecule has 226 valence electrons. The second kappa shape index (κ2) is 12.3. The van der Waals surface area contributed by atoms with Crippen LogP contribution in [-0.2, 0) is 19.9 Å². The van der Waals surface area contributed by atoms with Crippen LogP contribution in [0, 0.1) is 5.82 Å². The summed E-state index contributed by atoms with van der Waals surface area (Å²) < 4.78 is 74.7. The molecule has 1 aliphatic heterocycles. The molecule has 0 saturated heterocycles. The second-order valence-corrected chi connectivity index (χ2v) is 11.0. The number of nitrogens with one attached hydrogen (secondary N) is 1. The van der Waals surface area contributed by atoms with Crippen LogP contribution < -0.4 is 15.8 Å². The Bertz CT molecular complexity index is 1380. The standard InChI is InChI=1S/C30H31ClF4N2O5/c1-40-27-23-21(42-30(27,15-5-3-2-4-6-15)14-37-16-7-9-17(38)10-8-16)13-19(32)25(31)24(23)22-18(28(36)39)11-12-20(26(22)33)41-29(34)35/h2-6,11-13,16-17,20,26-27,29,37-38H,7-10,14H2,1H3,(H2,36,39)/t16-,17-,20?,26?,27-,30+/m0/s1. The number of hydrogen-bond donors (Lipinski definition) is 3. The first-order chi connectivity index (χ1) is 20.1. The number of aliphatic hydroxyl groups excluding tert-OH is 1. The Balaban J connectivity index is 1.67. The molecule has 0 bridgehead atoms. The summed E-state index contributed by atoms with van der Waals surface area (Å²) in [5.41, 5.74) is 3.88. The zero-order valence-corrected chi connectivity index (χ0v) is 23.4. The minimum absolute atomic E-state index is 0.0205. The van der Waals surface area contributed by atoms with E-state index < -0.39 is 52.9 Å². The van der Waals surface area contributed by atoms with Crippen molar-refractivity contribution in [2.45, 2.75) is 68.4 Å². The average Bonchev–Trinajstić information content (AvgIpc) is 3.28. The highest BCUT2D eigenvalue weighted by atomic mass is 35.5. The van der Waals surface area contributed by atoms with Gasteiger partial charge in [0.05, 0.1) is 11.1 Å². The number of primary amides is 1. The van der Waals surface area contributed by atoms with Gasteiger partial charge < -0.3 is 30.4 Å². The first kappa shape index (κ1) is 30.5. The molecule has 1 fully saturated rings. The third-order valence-corrected chi connectivity index (χ3v) is 8.52. The summed E-state index contributed by atoms with van der Waals surface area (Å²) in [5, 5.41) is 12.9. The van der Waals surface area contributed by atoms with E-state index in [4.69, 9.17) is 26.8 Å². The number of amides is 1. The quantitative estimate of drug-likeness (QED) is 0.342. The molecule has 1 amide bonds. The van der Waals surface area contributed by atoms with E-state index in [1.54, 1.807) is 12.1 Å². The molecule has 0 radical (unpaired) electrons. The third-order valence-electron chi connectivity index (χ3n) is 8.15. The highest BCUT2D eigenvalue weighted by Crippen LogP contribution is 2.56. The molecular weight excluding hydrogens is 580 g/mol. The lowest BCUT2D eigenvalue weighted by atomic mass is 9.80. The normalized spacial score (nSPS) is 29.1. The van der Waals surface area contributed by atoms with Crippen molar-refractivity contribution in [3.63, 3.8) is 0 Å². The largest absolute Gasteiger partial charge is 0.478 e. The number of carbonyl (C=O) groups is 1. The Hall–Kier alpha value is -2.96. The molecule has 0 aromatic heterocycles. The van der Waals surface area contributed by atoms with E-state index in [0.717, 1.165) is 31.1 Å². The van der Waals surface area contributed by atoms with Crippen LogP contribution >= 0.6 is 11.6 Å². The molecule has 2 aromatic carbocycles. The molecule has 2 aromatic rings. The van der Waals surface area contributed by atoms with Gasteiger partial charge in [-0.05, 0) is 31.2 Å². The number of benzene rings is 2. The van der Waals surface area contributed by atoms with Gasteiger partial charge in [-0.3, -0.25) is 4.79 Å². The fourth-order valence-electron chi connectivity index (χ4n) is 6.17. The minimum Gasteiger partial charge on any atom is -0.478 e. The number of methoxy groups -OCH3 is 1. The maximum atomic E-state index is 16.0. The van der Waals surface area contributed by atoms with Crippen LogP contribution in [0.25, 0.3) is 5.57 Å². The van der Waals surface area contributed by atoms with Gasteiger partial charge >= 0.3 is 6.61 Å². The molecular formula is C30H31ClF4N2O5. The average molecular weight is 611 g/mol. The molecule has 5 rings (SSSR count). The van der Waals surface area contributed by atoms with Gasteiger partial charge in [0.2, 0.25) is 5.91 Å². The van der Waals surface area contributed by atoms with Crippen LogP contribution in [0.5, 0.6) is 5.75 Å². The van der Waals surface area contributed by atoms with Gasteiger partial charge in [0.1, 0.15) is 23.8 Å². The lowest BCUT2D eigenvalue weighted by molar-refractivity contribution is -0.159. The van der Waals surface area contributed by atoms with E-state index >= 15 is 8.78 Å². The predicted octanol–water partition coefficient (Wildman–Crippen LogP) is 5.10. The molecule has 42 heavy (non-hydrogen) atoms. The van der Waals surface area contributed by atoms with Gasteiger partial charge in [-0.1, -0.05) is 54.1 Å². The Morgan fingerprint density at radius 1 is 1.24 bits per heavy atom. The molecule has 12 heteroatoms. The number of carbonyl (C=O) groups excluding carboxylic acids is 1. The van der Waals surface area contributed by atoms with E-state index in [0.29, 0.717) is 18.4 Å². The van der Waals surface area contributed by atoms with Gasteiger partial charge in [0.15, 0.2) is 11.8 Å². The van der Waals surface area contributed by atoms with Gasteiger partial charge in [0.25, 0.3) is 0 Å². The van der Waals surface area contributed by atoms with Gasteiger partial charge in [-0.15, -0.1) is 0 Å². The predicted molar refractivity (Wildman–Crippen MR) is 147 cm³/mol. The number of ether oxygens (including phenoxy) is 3. The Morgan fingerprint density at radius 2 is 1.93 bits per heavy atom. The van der Waals surface area contributed by atoms with E-state index in [1.807, 2.05) is 18.2 Å². The molecule has 0 spiro atoms. The highest BCUT2D eigenvalue weighted by Gasteiger charge is 2.53. The third kappa shape index (κ3) is 5.56. The second-order valence-electron chi connectivity index (χ2n) is 10.6. The van der Waals surface area contributed by atoms with Crippen molar-refractivity contribution in [2.24, 2.45) is 5.73 Å². The van der Waals surface area contributed by atoms with E-state index in [9.17, 15) is 18.7 Å². The molecule has 4 N–H and O–H groups in total. The van der Waals surface area contributed by atoms with Crippen LogP contribution in [0.4, 0.5) is 17.6 Å². The SMILES string of the molecule is CO[C@H]1c2c(cc(F)c(Cl)c2C2=C(C(N)=O)C=CC(OC(F)F)C2F)O[C@]1(CN[C@H]1CC[C@H](O)CC1)c1ccccc1. The Morgan fingerprint density at radius 3 is 2.55 bits per heavy atom. The van der Waals surface area contributed by atoms with Crippen molar-refractivity contribution in [1.29, 1.82) is 0 Å². The summed E-state index contributed by atoms with van der Waals surface area (Å²) in [4.78, 5) is 12.4. The molecule has 1 heterocycles. The minimum atomic E-state index is -3.32. The van der Waals surface area contributed by atoms with Crippen molar-refractivity contribution in [1.82, 2.24) is 5.32 Å². The van der Waals surface area contributed by atoms with Crippen LogP contribution in [-0.4, -0.2) is 55.7 Å². The zero-order valence-electron chi connectivity index (χ0n) is 22.7. The number of rotatable bonds is 9. The number of aliphatic hydroxyl groups is 1. The summed E-state index contributed by atoms with van der Waals surface area (Å²) in [7, 11) is 1.40. The van der Waals surface area contributed by atoms with Gasteiger partial charge in [0, 0.05) is 48.0 Å². The molecule has 3 aliphatic rings. The van der Waals surface area contributed by atoms with Gasteiger partial charge in [-0.25, -0.2) is 8.78 Å². The number of hydrogen-bond acceptors (Lipinski definition) is 6. The topological polar surface area (TPSA) is 103 Å². The van der Waals surface area contributed by atoms with E-state index in [1.165, 1.54) is 7.11 Å². The van der Waals surface area contributed by atoms with Crippen LogP contribution in [0.1, 0.15) is 48.5 Å². The number of fused-ring (bicyclic) bond motifs is 1.